The van der Waals surface area contributed by atoms with Crippen molar-refractivity contribution in [2.45, 2.75) is 19.3 Å². The minimum absolute atomic E-state index is 0.121. The summed E-state index contributed by atoms with van der Waals surface area (Å²) in [4.78, 5) is 15.5. The van der Waals surface area contributed by atoms with Crippen molar-refractivity contribution in [2.75, 3.05) is 6.54 Å². The molecule has 0 saturated heterocycles. The Morgan fingerprint density at radius 3 is 2.75 bits per heavy atom. The Bertz CT molecular complexity index is 418. The number of hydrogen-bond donors (Lipinski definition) is 1. The summed E-state index contributed by atoms with van der Waals surface area (Å²) in [6.45, 7) is 0.576. The van der Waals surface area contributed by atoms with Gasteiger partial charge in [-0.2, -0.15) is 5.26 Å². The molecule has 0 spiro atoms. The average molecular weight is 215 g/mol. The quantitative estimate of drug-likeness (QED) is 0.816. The number of pyridine rings is 1. The van der Waals surface area contributed by atoms with Gasteiger partial charge in [-0.3, -0.25) is 9.78 Å². The lowest BCUT2D eigenvalue weighted by Crippen LogP contribution is -2.32. The summed E-state index contributed by atoms with van der Waals surface area (Å²) in [6, 6.07) is 5.92. The Morgan fingerprint density at radius 2 is 2.19 bits per heavy atom. The van der Waals surface area contributed by atoms with E-state index in [1.165, 1.54) is 0 Å². The first-order valence-electron chi connectivity index (χ1n) is 5.35. The van der Waals surface area contributed by atoms with Crippen LogP contribution in [0.1, 0.15) is 18.4 Å². The highest BCUT2D eigenvalue weighted by Gasteiger charge is 2.50. The molecule has 1 aliphatic rings. The number of amides is 1. The van der Waals surface area contributed by atoms with Gasteiger partial charge in [-0.05, 0) is 37.0 Å². The van der Waals surface area contributed by atoms with Crippen LogP contribution >= 0.6 is 0 Å². The number of hydrogen-bond acceptors (Lipinski definition) is 3. The zero-order chi connectivity index (χ0) is 11.4. The summed E-state index contributed by atoms with van der Waals surface area (Å²) >= 11 is 0. The van der Waals surface area contributed by atoms with E-state index < -0.39 is 5.41 Å². The zero-order valence-electron chi connectivity index (χ0n) is 8.94. The smallest absolute Gasteiger partial charge is 0.240 e. The number of carbonyl (C=O) groups is 1. The van der Waals surface area contributed by atoms with Gasteiger partial charge in [-0.15, -0.1) is 0 Å². The molecule has 0 aliphatic heterocycles. The molecule has 4 nitrogen and oxygen atoms in total. The Morgan fingerprint density at radius 1 is 1.50 bits per heavy atom. The van der Waals surface area contributed by atoms with Crippen LogP contribution in [-0.2, 0) is 11.2 Å². The first kappa shape index (κ1) is 10.6. The van der Waals surface area contributed by atoms with Crippen LogP contribution in [0.4, 0.5) is 0 Å². The topological polar surface area (TPSA) is 65.8 Å². The number of aromatic nitrogens is 1. The van der Waals surface area contributed by atoms with Crippen molar-refractivity contribution in [1.29, 1.82) is 5.26 Å². The van der Waals surface area contributed by atoms with Gasteiger partial charge in [-0.25, -0.2) is 0 Å². The third kappa shape index (κ3) is 2.19. The van der Waals surface area contributed by atoms with Crippen LogP contribution in [0.3, 0.4) is 0 Å². The van der Waals surface area contributed by atoms with E-state index >= 15 is 0 Å². The van der Waals surface area contributed by atoms with Crippen LogP contribution in [0, 0.1) is 16.7 Å². The fourth-order valence-electron chi connectivity index (χ4n) is 1.55. The molecule has 0 bridgehead atoms. The van der Waals surface area contributed by atoms with Gasteiger partial charge in [0.2, 0.25) is 5.91 Å². The Kier molecular flexibility index (Phi) is 2.86. The first-order chi connectivity index (χ1) is 7.77. The second-order valence-corrected chi connectivity index (χ2v) is 4.06. The van der Waals surface area contributed by atoms with Crippen LogP contribution < -0.4 is 5.32 Å². The third-order valence-electron chi connectivity index (χ3n) is 2.85. The van der Waals surface area contributed by atoms with Crippen LogP contribution in [0.25, 0.3) is 0 Å². The van der Waals surface area contributed by atoms with Crippen LogP contribution in [0.15, 0.2) is 24.5 Å². The molecule has 0 aromatic carbocycles. The van der Waals surface area contributed by atoms with Crippen LogP contribution in [-0.4, -0.2) is 17.4 Å². The van der Waals surface area contributed by atoms with E-state index in [-0.39, 0.29) is 5.91 Å². The molecule has 1 fully saturated rings. The minimum atomic E-state index is -0.710. The van der Waals surface area contributed by atoms with Gasteiger partial charge >= 0.3 is 0 Å². The van der Waals surface area contributed by atoms with Gasteiger partial charge in [0.1, 0.15) is 5.41 Å². The van der Waals surface area contributed by atoms with Gasteiger partial charge in [0.05, 0.1) is 6.07 Å². The molecule has 82 valence electrons. The van der Waals surface area contributed by atoms with Crippen molar-refractivity contribution in [3.63, 3.8) is 0 Å². The van der Waals surface area contributed by atoms with Crippen molar-refractivity contribution in [3.8, 4) is 6.07 Å². The summed E-state index contributed by atoms with van der Waals surface area (Å²) < 4.78 is 0. The van der Waals surface area contributed by atoms with Crippen LogP contribution in [0.2, 0.25) is 0 Å². The predicted molar refractivity (Wildman–Crippen MR) is 58.2 cm³/mol. The third-order valence-corrected chi connectivity index (χ3v) is 2.85. The van der Waals surface area contributed by atoms with Crippen molar-refractivity contribution in [3.05, 3.63) is 30.1 Å². The lowest BCUT2D eigenvalue weighted by molar-refractivity contribution is -0.124. The van der Waals surface area contributed by atoms with E-state index in [1.54, 1.807) is 12.4 Å². The molecule has 1 aromatic heterocycles. The van der Waals surface area contributed by atoms with E-state index in [0.717, 1.165) is 12.0 Å². The Labute approximate surface area is 94.3 Å². The maximum atomic E-state index is 11.6. The summed E-state index contributed by atoms with van der Waals surface area (Å²) in [5.41, 5.74) is 0.426. The number of nitrogens with one attached hydrogen (secondary N) is 1. The maximum absolute atomic E-state index is 11.6. The number of rotatable bonds is 4. The average Bonchev–Trinajstić information content (AvgIpc) is 3.11. The first-order valence-corrected chi connectivity index (χ1v) is 5.35. The number of nitriles is 1. The molecular weight excluding hydrogens is 202 g/mol. The number of carbonyl (C=O) groups excluding carboxylic acids is 1. The minimum Gasteiger partial charge on any atom is -0.354 e. The molecule has 1 aromatic rings. The molecule has 1 N–H and O–H groups in total. The van der Waals surface area contributed by atoms with Crippen molar-refractivity contribution in [2.24, 2.45) is 5.41 Å². The molecule has 1 amide bonds. The standard InChI is InChI=1S/C12H13N3O/c13-9-12(4-5-12)11(16)15-8-3-10-1-6-14-7-2-10/h1-2,6-7H,3-5,8H2,(H,15,16). The lowest BCUT2D eigenvalue weighted by atomic mass is 10.1. The molecule has 0 unspecified atom stereocenters. The summed E-state index contributed by atoms with van der Waals surface area (Å²) in [7, 11) is 0. The Hall–Kier alpha value is -1.89. The Balaban J connectivity index is 1.77. The summed E-state index contributed by atoms with van der Waals surface area (Å²) in [5, 5.41) is 11.6. The highest BCUT2D eigenvalue weighted by molar-refractivity contribution is 5.88. The maximum Gasteiger partial charge on any atom is 0.240 e. The molecule has 1 saturated carbocycles. The van der Waals surface area contributed by atoms with Crippen molar-refractivity contribution in [1.82, 2.24) is 10.3 Å². The van der Waals surface area contributed by atoms with E-state index in [2.05, 4.69) is 16.4 Å². The van der Waals surface area contributed by atoms with Crippen molar-refractivity contribution >= 4 is 5.91 Å². The van der Waals surface area contributed by atoms with Gasteiger partial charge in [-0.1, -0.05) is 0 Å². The SMILES string of the molecule is N#CC1(C(=O)NCCc2ccncc2)CC1. The largest absolute Gasteiger partial charge is 0.354 e. The monoisotopic (exact) mass is 215 g/mol. The second-order valence-electron chi connectivity index (χ2n) is 4.06. The highest BCUT2D eigenvalue weighted by Crippen LogP contribution is 2.44. The van der Waals surface area contributed by atoms with E-state index in [9.17, 15) is 4.79 Å². The zero-order valence-corrected chi connectivity index (χ0v) is 8.94. The molecular formula is C12H13N3O. The fraction of sp³-hybridized carbons (Fsp3) is 0.417. The van der Waals surface area contributed by atoms with E-state index in [4.69, 9.17) is 5.26 Å². The molecule has 1 aliphatic carbocycles. The normalized spacial score (nSPS) is 16.2. The van der Waals surface area contributed by atoms with Crippen LogP contribution in [0.5, 0.6) is 0 Å². The fourth-order valence-corrected chi connectivity index (χ4v) is 1.55. The van der Waals surface area contributed by atoms with Gasteiger partial charge in [0.15, 0.2) is 0 Å². The van der Waals surface area contributed by atoms with E-state index in [0.29, 0.717) is 19.4 Å². The molecule has 0 atom stereocenters. The van der Waals surface area contributed by atoms with Gasteiger partial charge in [0, 0.05) is 18.9 Å². The van der Waals surface area contributed by atoms with Crippen molar-refractivity contribution < 1.29 is 4.79 Å². The molecule has 1 heterocycles. The molecule has 0 radical (unpaired) electrons. The molecule has 4 heteroatoms. The summed E-state index contributed by atoms with van der Waals surface area (Å²) in [5.74, 6) is -0.121. The van der Waals surface area contributed by atoms with E-state index in [1.807, 2.05) is 12.1 Å². The second kappa shape index (κ2) is 4.31. The predicted octanol–water partition coefficient (Wildman–Crippen LogP) is 1.04. The summed E-state index contributed by atoms with van der Waals surface area (Å²) in [6.07, 6.45) is 5.63. The molecule has 16 heavy (non-hydrogen) atoms. The number of nitrogens with zero attached hydrogens (tertiary/aromatic N) is 2. The van der Waals surface area contributed by atoms with Gasteiger partial charge < -0.3 is 5.32 Å². The lowest BCUT2D eigenvalue weighted by Gasteiger charge is -2.07. The highest BCUT2D eigenvalue weighted by atomic mass is 16.2. The molecule has 2 rings (SSSR count). The van der Waals surface area contributed by atoms with Gasteiger partial charge in [0.25, 0.3) is 0 Å².